The van der Waals surface area contributed by atoms with E-state index in [2.05, 4.69) is 0 Å². The van der Waals surface area contributed by atoms with Crippen LogP contribution in [0.1, 0.15) is 5.56 Å². The van der Waals surface area contributed by atoms with Crippen LogP contribution in [0.25, 0.3) is 0 Å². The highest BCUT2D eigenvalue weighted by molar-refractivity contribution is 5.71. The van der Waals surface area contributed by atoms with E-state index < -0.39 is 0 Å². The van der Waals surface area contributed by atoms with Crippen LogP contribution in [0, 0.1) is 5.82 Å². The van der Waals surface area contributed by atoms with Crippen molar-refractivity contribution in [2.24, 2.45) is 0 Å². The van der Waals surface area contributed by atoms with Crippen LogP contribution < -0.4 is 9.64 Å². The minimum absolute atomic E-state index is 0.216. The van der Waals surface area contributed by atoms with E-state index in [9.17, 15) is 9.50 Å². The third kappa shape index (κ3) is 2.53. The van der Waals surface area contributed by atoms with Gasteiger partial charge in [-0.2, -0.15) is 0 Å². The summed E-state index contributed by atoms with van der Waals surface area (Å²) >= 11 is 0. The number of hydrogen-bond donors (Lipinski definition) is 1. The number of nitrogens with zero attached hydrogens (tertiary/aromatic N) is 1. The lowest BCUT2D eigenvalue weighted by Gasteiger charge is -2.24. The Morgan fingerprint density at radius 3 is 2.58 bits per heavy atom. The van der Waals surface area contributed by atoms with Crippen molar-refractivity contribution in [3.63, 3.8) is 0 Å². The molecule has 0 aliphatic carbocycles. The normalized spacial score (nSPS) is 10.3. The van der Waals surface area contributed by atoms with E-state index in [4.69, 9.17) is 4.74 Å². The van der Waals surface area contributed by atoms with E-state index in [-0.39, 0.29) is 12.4 Å². The van der Waals surface area contributed by atoms with Crippen LogP contribution in [0.15, 0.2) is 42.5 Å². The topological polar surface area (TPSA) is 32.7 Å². The fourth-order valence-corrected chi connectivity index (χ4v) is 2.09. The SMILES string of the molecule is COc1ccccc1N(C)c1c(F)cccc1CO. The maximum Gasteiger partial charge on any atom is 0.147 e. The molecule has 0 spiro atoms. The van der Waals surface area contributed by atoms with Gasteiger partial charge in [-0.25, -0.2) is 4.39 Å². The molecule has 0 aliphatic rings. The van der Waals surface area contributed by atoms with Crippen molar-refractivity contribution in [2.45, 2.75) is 6.61 Å². The largest absolute Gasteiger partial charge is 0.495 e. The number of para-hydroxylation sites is 3. The van der Waals surface area contributed by atoms with Gasteiger partial charge in [-0.15, -0.1) is 0 Å². The number of aliphatic hydroxyl groups excluding tert-OH is 1. The Balaban J connectivity index is 2.52. The predicted octanol–water partition coefficient (Wildman–Crippen LogP) is 3.09. The molecule has 0 saturated heterocycles. The van der Waals surface area contributed by atoms with Crippen molar-refractivity contribution in [3.8, 4) is 5.75 Å². The highest BCUT2D eigenvalue weighted by atomic mass is 19.1. The van der Waals surface area contributed by atoms with Crippen molar-refractivity contribution in [2.75, 3.05) is 19.1 Å². The highest BCUT2D eigenvalue weighted by Crippen LogP contribution is 2.35. The van der Waals surface area contributed by atoms with Gasteiger partial charge >= 0.3 is 0 Å². The van der Waals surface area contributed by atoms with Crippen molar-refractivity contribution in [1.82, 2.24) is 0 Å². The van der Waals surface area contributed by atoms with E-state index >= 15 is 0 Å². The summed E-state index contributed by atoms with van der Waals surface area (Å²) in [4.78, 5) is 1.68. The zero-order valence-corrected chi connectivity index (χ0v) is 10.9. The van der Waals surface area contributed by atoms with E-state index in [1.165, 1.54) is 6.07 Å². The minimum atomic E-state index is -0.375. The van der Waals surface area contributed by atoms with E-state index in [1.807, 2.05) is 24.3 Å². The van der Waals surface area contributed by atoms with Crippen molar-refractivity contribution >= 4 is 11.4 Å². The Hall–Kier alpha value is -2.07. The van der Waals surface area contributed by atoms with Crippen LogP contribution in [0.3, 0.4) is 0 Å². The minimum Gasteiger partial charge on any atom is -0.495 e. The second-order valence-corrected chi connectivity index (χ2v) is 4.14. The molecule has 0 aliphatic heterocycles. The summed E-state index contributed by atoms with van der Waals surface area (Å²) in [7, 11) is 3.32. The molecular weight excluding hydrogens is 245 g/mol. The number of aliphatic hydroxyl groups is 1. The molecule has 2 rings (SSSR count). The van der Waals surface area contributed by atoms with Gasteiger partial charge < -0.3 is 14.7 Å². The van der Waals surface area contributed by atoms with Gasteiger partial charge in [0.1, 0.15) is 11.6 Å². The Morgan fingerprint density at radius 1 is 1.16 bits per heavy atom. The van der Waals surface area contributed by atoms with Gasteiger partial charge in [0, 0.05) is 12.6 Å². The molecule has 0 fully saturated rings. The number of ether oxygens (including phenoxy) is 1. The molecule has 19 heavy (non-hydrogen) atoms. The van der Waals surface area contributed by atoms with Gasteiger partial charge in [-0.1, -0.05) is 24.3 Å². The Morgan fingerprint density at radius 2 is 1.89 bits per heavy atom. The first-order valence-electron chi connectivity index (χ1n) is 5.94. The van der Waals surface area contributed by atoms with Crippen LogP contribution in [0.5, 0.6) is 5.75 Å². The monoisotopic (exact) mass is 261 g/mol. The fourth-order valence-electron chi connectivity index (χ4n) is 2.09. The molecule has 100 valence electrons. The van der Waals surface area contributed by atoms with Gasteiger partial charge in [0.05, 0.1) is 25.1 Å². The second kappa shape index (κ2) is 5.71. The van der Waals surface area contributed by atoms with Crippen molar-refractivity contribution in [3.05, 3.63) is 53.8 Å². The van der Waals surface area contributed by atoms with Crippen LogP contribution in [0.4, 0.5) is 15.8 Å². The lowest BCUT2D eigenvalue weighted by molar-refractivity contribution is 0.281. The number of anilines is 2. The summed E-state index contributed by atoms with van der Waals surface area (Å²) in [5.74, 6) is 0.275. The van der Waals surface area contributed by atoms with E-state index in [1.54, 1.807) is 31.2 Å². The molecule has 0 bridgehead atoms. The Bertz CT molecular complexity index is 572. The fraction of sp³-hybridized carbons (Fsp3) is 0.200. The molecule has 0 aromatic heterocycles. The molecule has 2 aromatic rings. The first-order valence-corrected chi connectivity index (χ1v) is 5.94. The molecule has 0 atom stereocenters. The van der Waals surface area contributed by atoms with Gasteiger partial charge in [-0.3, -0.25) is 0 Å². The maximum absolute atomic E-state index is 14.0. The zero-order valence-electron chi connectivity index (χ0n) is 10.9. The number of rotatable bonds is 4. The molecule has 4 heteroatoms. The maximum atomic E-state index is 14.0. The first-order chi connectivity index (χ1) is 9.19. The first kappa shape index (κ1) is 13.4. The van der Waals surface area contributed by atoms with Gasteiger partial charge in [0.15, 0.2) is 0 Å². The lowest BCUT2D eigenvalue weighted by atomic mass is 10.1. The average Bonchev–Trinajstić information content (AvgIpc) is 2.46. The predicted molar refractivity (Wildman–Crippen MR) is 73.4 cm³/mol. The van der Waals surface area contributed by atoms with Gasteiger partial charge in [0.25, 0.3) is 0 Å². The summed E-state index contributed by atoms with van der Waals surface area (Å²) in [6.45, 7) is -0.216. The summed E-state index contributed by atoms with van der Waals surface area (Å²) in [6, 6.07) is 12.0. The number of methoxy groups -OCH3 is 1. The quantitative estimate of drug-likeness (QED) is 0.918. The summed E-state index contributed by atoms with van der Waals surface area (Å²) < 4.78 is 19.3. The third-order valence-corrected chi connectivity index (χ3v) is 3.02. The molecule has 0 heterocycles. The molecule has 2 aromatic carbocycles. The molecule has 3 nitrogen and oxygen atoms in total. The van der Waals surface area contributed by atoms with E-state index in [0.717, 1.165) is 5.69 Å². The zero-order chi connectivity index (χ0) is 13.8. The van der Waals surface area contributed by atoms with Gasteiger partial charge in [0.2, 0.25) is 0 Å². The van der Waals surface area contributed by atoms with Crippen LogP contribution >= 0.6 is 0 Å². The van der Waals surface area contributed by atoms with Crippen LogP contribution in [-0.2, 0) is 6.61 Å². The number of benzene rings is 2. The molecule has 0 amide bonds. The average molecular weight is 261 g/mol. The molecule has 0 radical (unpaired) electrons. The number of hydrogen-bond acceptors (Lipinski definition) is 3. The molecule has 1 N–H and O–H groups in total. The van der Waals surface area contributed by atoms with E-state index in [0.29, 0.717) is 17.0 Å². The second-order valence-electron chi connectivity index (χ2n) is 4.14. The molecular formula is C15H16FNO2. The molecule has 0 unspecified atom stereocenters. The van der Waals surface area contributed by atoms with Crippen molar-refractivity contribution < 1.29 is 14.2 Å². The van der Waals surface area contributed by atoms with Crippen LogP contribution in [0.2, 0.25) is 0 Å². The van der Waals surface area contributed by atoms with Crippen LogP contribution in [-0.4, -0.2) is 19.3 Å². The lowest BCUT2D eigenvalue weighted by Crippen LogP contribution is -2.14. The Kier molecular flexibility index (Phi) is 4.02. The Labute approximate surface area is 111 Å². The standard InChI is InChI=1S/C15H16FNO2/c1-17(13-8-3-4-9-14(13)19-2)15-11(10-18)6-5-7-12(15)16/h3-9,18H,10H2,1-2H3. The van der Waals surface area contributed by atoms with Crippen molar-refractivity contribution in [1.29, 1.82) is 0 Å². The summed E-state index contributed by atoms with van der Waals surface area (Å²) in [5.41, 5.74) is 1.63. The highest BCUT2D eigenvalue weighted by Gasteiger charge is 2.16. The summed E-state index contributed by atoms with van der Waals surface area (Å²) in [5, 5.41) is 9.34. The van der Waals surface area contributed by atoms with Gasteiger partial charge in [-0.05, 0) is 18.2 Å². The number of halogens is 1. The third-order valence-electron chi connectivity index (χ3n) is 3.02. The molecule has 0 saturated carbocycles. The summed E-state index contributed by atoms with van der Waals surface area (Å²) in [6.07, 6.45) is 0. The smallest absolute Gasteiger partial charge is 0.147 e.